The molecule has 180 valence electrons. The van der Waals surface area contributed by atoms with Crippen molar-refractivity contribution in [2.75, 3.05) is 13.1 Å². The zero-order valence-corrected chi connectivity index (χ0v) is 18.5. The first kappa shape index (κ1) is 26.2. The number of hydrogen-bond acceptors (Lipinski definition) is 8. The summed E-state index contributed by atoms with van der Waals surface area (Å²) in [4.78, 5) is 48.0. The first-order chi connectivity index (χ1) is 15.1. The van der Waals surface area contributed by atoms with Crippen molar-refractivity contribution in [2.24, 2.45) is 5.73 Å². The number of nitrogens with one attached hydrogen (secondary N) is 1. The highest BCUT2D eigenvalue weighted by atomic mass is 35.5. The number of likely N-dealkylation sites (tertiary alicyclic amines) is 1. The molecule has 6 N–H and O–H groups in total. The van der Waals surface area contributed by atoms with Gasteiger partial charge in [0, 0.05) is 0 Å². The van der Waals surface area contributed by atoms with E-state index in [9.17, 15) is 29.3 Å². The quantitative estimate of drug-likeness (QED) is 0.275. The van der Waals surface area contributed by atoms with Crippen LogP contribution in [0.5, 0.6) is 11.5 Å². The number of carbonyl (C=O) groups excluding carboxylic acids is 2. The van der Waals surface area contributed by atoms with Gasteiger partial charge in [-0.1, -0.05) is 6.07 Å². The van der Waals surface area contributed by atoms with Gasteiger partial charge in [-0.05, 0) is 31.3 Å². The van der Waals surface area contributed by atoms with Gasteiger partial charge in [0.1, 0.15) is 23.2 Å². The Balaban J connectivity index is 0.00000385. The number of carboxylic acids is 2. The minimum atomic E-state index is -1.26. The van der Waals surface area contributed by atoms with Crippen LogP contribution in [0.1, 0.15) is 29.3 Å². The maximum Gasteiger partial charge on any atom is 0.522 e. The molecule has 0 saturated carbocycles. The lowest BCUT2D eigenvalue weighted by Gasteiger charge is -2.41. The molecule has 1 fully saturated rings. The standard InChI is InChI=1S/C19H24BN3O9.ClH/c1-9(22-12(17(21)26)6-14(24)25)18(27)23-7-11(8-23)31-13-3-2-10-4-5-20(30)32-16(10)15(13)19(28)29;/h2-3,9,11-12,22,30H,4-8H2,1H3,(H2,21,26)(H,24,25)(H,28,29);1H. The van der Waals surface area contributed by atoms with Gasteiger partial charge in [0.2, 0.25) is 11.8 Å². The second-order valence-corrected chi connectivity index (χ2v) is 7.77. The van der Waals surface area contributed by atoms with E-state index in [1.165, 1.54) is 17.9 Å². The van der Waals surface area contributed by atoms with Crippen LogP contribution in [0.3, 0.4) is 0 Å². The molecule has 0 bridgehead atoms. The molecule has 2 heterocycles. The number of nitrogens with zero attached hydrogens (tertiary/aromatic N) is 1. The number of carbonyl (C=O) groups is 4. The van der Waals surface area contributed by atoms with Crippen LogP contribution in [-0.4, -0.2) is 82.3 Å². The van der Waals surface area contributed by atoms with E-state index >= 15 is 0 Å². The van der Waals surface area contributed by atoms with E-state index in [1.54, 1.807) is 6.07 Å². The largest absolute Gasteiger partial charge is 0.535 e. The molecule has 0 aliphatic carbocycles. The Labute approximate surface area is 195 Å². The minimum Gasteiger partial charge on any atom is -0.535 e. The van der Waals surface area contributed by atoms with Gasteiger partial charge in [-0.25, -0.2) is 4.79 Å². The highest BCUT2D eigenvalue weighted by molar-refractivity contribution is 6.44. The molecule has 0 radical (unpaired) electrons. The number of carboxylic acid groups (broad SMARTS) is 2. The van der Waals surface area contributed by atoms with E-state index in [2.05, 4.69) is 5.32 Å². The molecule has 0 spiro atoms. The van der Waals surface area contributed by atoms with Crippen molar-refractivity contribution in [3.05, 3.63) is 23.3 Å². The second-order valence-electron chi connectivity index (χ2n) is 7.77. The zero-order chi connectivity index (χ0) is 23.6. The summed E-state index contributed by atoms with van der Waals surface area (Å²) in [5, 5.41) is 30.8. The molecule has 2 aliphatic heterocycles. The Hall–Kier alpha value is -3.03. The molecule has 1 saturated heterocycles. The Bertz CT molecular complexity index is 941. The number of primary amides is 1. The number of rotatable bonds is 9. The third kappa shape index (κ3) is 6.06. The number of aryl methyl sites for hydroxylation is 1. The number of hydrogen-bond donors (Lipinski definition) is 5. The van der Waals surface area contributed by atoms with Crippen LogP contribution in [0, 0.1) is 0 Å². The fourth-order valence-electron chi connectivity index (χ4n) is 3.65. The number of amides is 2. The molecule has 1 aromatic carbocycles. The Kier molecular flexibility index (Phi) is 8.53. The third-order valence-electron chi connectivity index (χ3n) is 5.33. The van der Waals surface area contributed by atoms with Crippen LogP contribution in [0.2, 0.25) is 6.32 Å². The van der Waals surface area contributed by atoms with Crippen molar-refractivity contribution in [1.29, 1.82) is 0 Å². The lowest BCUT2D eigenvalue weighted by atomic mass is 9.78. The summed E-state index contributed by atoms with van der Waals surface area (Å²) < 4.78 is 11.1. The maximum absolute atomic E-state index is 12.5. The number of aromatic carboxylic acids is 1. The molecule has 33 heavy (non-hydrogen) atoms. The molecule has 12 nitrogen and oxygen atoms in total. The first-order valence-electron chi connectivity index (χ1n) is 10.0. The summed E-state index contributed by atoms with van der Waals surface area (Å²) in [6, 6.07) is 1.16. The lowest BCUT2D eigenvalue weighted by molar-refractivity contribution is -0.144. The molecular weight excluding hydrogens is 460 g/mol. The van der Waals surface area contributed by atoms with Crippen molar-refractivity contribution in [3.63, 3.8) is 0 Å². The second kappa shape index (κ2) is 10.7. The summed E-state index contributed by atoms with van der Waals surface area (Å²) >= 11 is 0. The van der Waals surface area contributed by atoms with Crippen LogP contribution in [0.4, 0.5) is 0 Å². The number of aliphatic carboxylic acids is 1. The number of fused-ring (bicyclic) bond motifs is 1. The van der Waals surface area contributed by atoms with Crippen molar-refractivity contribution in [3.8, 4) is 11.5 Å². The number of halogens is 1. The number of nitrogens with two attached hydrogens (primary N) is 1. The van der Waals surface area contributed by atoms with E-state index in [-0.39, 0.29) is 48.5 Å². The van der Waals surface area contributed by atoms with E-state index in [0.717, 1.165) is 0 Å². The highest BCUT2D eigenvalue weighted by Crippen LogP contribution is 2.37. The number of ether oxygens (including phenoxy) is 1. The van der Waals surface area contributed by atoms with Gasteiger partial charge in [-0.15, -0.1) is 12.4 Å². The van der Waals surface area contributed by atoms with Gasteiger partial charge < -0.3 is 35.3 Å². The SMILES string of the molecule is CC(NC(CC(=O)O)C(N)=O)C(=O)N1CC(Oc2ccc3c(c2C(=O)O)OB(O)CC3)C1.Cl. The van der Waals surface area contributed by atoms with Gasteiger partial charge in [0.25, 0.3) is 0 Å². The minimum absolute atomic E-state index is 0. The van der Waals surface area contributed by atoms with E-state index in [0.29, 0.717) is 18.3 Å². The molecule has 2 aliphatic rings. The summed E-state index contributed by atoms with van der Waals surface area (Å²) in [7, 11) is -1.09. The first-order valence-corrected chi connectivity index (χ1v) is 10.0. The third-order valence-corrected chi connectivity index (χ3v) is 5.33. The predicted octanol–water partition coefficient (Wildman–Crippen LogP) is -0.882. The smallest absolute Gasteiger partial charge is 0.522 e. The average Bonchev–Trinajstić information content (AvgIpc) is 2.68. The van der Waals surface area contributed by atoms with Crippen LogP contribution in [0.15, 0.2) is 12.1 Å². The van der Waals surface area contributed by atoms with Gasteiger partial charge in [0.15, 0.2) is 0 Å². The van der Waals surface area contributed by atoms with Crippen LogP contribution >= 0.6 is 12.4 Å². The normalized spacial score (nSPS) is 16.9. The van der Waals surface area contributed by atoms with Crippen LogP contribution in [0.25, 0.3) is 0 Å². The van der Waals surface area contributed by atoms with Gasteiger partial charge >= 0.3 is 19.1 Å². The number of benzene rings is 1. The van der Waals surface area contributed by atoms with E-state index in [1.807, 2.05) is 0 Å². The van der Waals surface area contributed by atoms with Crippen LogP contribution < -0.4 is 20.4 Å². The highest BCUT2D eigenvalue weighted by Gasteiger charge is 2.37. The Morgan fingerprint density at radius 2 is 1.97 bits per heavy atom. The van der Waals surface area contributed by atoms with Gasteiger partial charge in [-0.3, -0.25) is 19.7 Å². The van der Waals surface area contributed by atoms with Gasteiger partial charge in [-0.2, -0.15) is 0 Å². The van der Waals surface area contributed by atoms with Crippen LogP contribution in [-0.2, 0) is 20.8 Å². The van der Waals surface area contributed by atoms with Crippen molar-refractivity contribution < 1.29 is 43.8 Å². The molecule has 14 heteroatoms. The molecule has 0 aromatic heterocycles. The molecule has 3 rings (SSSR count). The van der Waals surface area contributed by atoms with E-state index < -0.39 is 49.6 Å². The Morgan fingerprint density at radius 3 is 2.55 bits per heavy atom. The lowest BCUT2D eigenvalue weighted by Crippen LogP contribution is -2.61. The van der Waals surface area contributed by atoms with E-state index in [4.69, 9.17) is 20.2 Å². The summed E-state index contributed by atoms with van der Waals surface area (Å²) in [6.07, 6.45) is -0.184. The molecule has 2 atom stereocenters. The van der Waals surface area contributed by atoms with Crippen molar-refractivity contribution in [1.82, 2.24) is 10.2 Å². The molecular formula is C19H25BClN3O9. The Morgan fingerprint density at radius 1 is 1.30 bits per heavy atom. The topological polar surface area (TPSA) is 189 Å². The summed E-state index contributed by atoms with van der Waals surface area (Å²) in [5.41, 5.74) is 5.66. The summed E-state index contributed by atoms with van der Waals surface area (Å²) in [6.45, 7) is 1.83. The van der Waals surface area contributed by atoms with Crippen molar-refractivity contribution >= 4 is 43.3 Å². The average molecular weight is 486 g/mol. The summed E-state index contributed by atoms with van der Waals surface area (Å²) in [5.74, 6) is -3.59. The molecule has 2 unspecified atom stereocenters. The fourth-order valence-corrected chi connectivity index (χ4v) is 3.65. The molecule has 2 amide bonds. The van der Waals surface area contributed by atoms with Gasteiger partial charge in [0.05, 0.1) is 31.6 Å². The maximum atomic E-state index is 12.5. The monoisotopic (exact) mass is 485 g/mol. The van der Waals surface area contributed by atoms with Crippen molar-refractivity contribution in [2.45, 2.75) is 44.3 Å². The predicted molar refractivity (Wildman–Crippen MR) is 117 cm³/mol. The zero-order valence-electron chi connectivity index (χ0n) is 17.7. The fraction of sp³-hybridized carbons (Fsp3) is 0.474. The molecule has 1 aromatic rings.